The average molecular weight is 408 g/mol. The molecule has 1 aliphatic carbocycles. The van der Waals surface area contributed by atoms with Crippen molar-refractivity contribution in [1.29, 1.82) is 0 Å². The standard InChI is InChI=1S/C19H25N3O3S2/c1-24-16-9-7-14(8-10-16)11-12-25-17(23)13-26-19-22-21-18(27-19)20-15-5-3-2-4-6-15/h7-10,15H,2-6,11-13H2,1H3,(H,20,21). The van der Waals surface area contributed by atoms with Crippen molar-refractivity contribution in [3.05, 3.63) is 29.8 Å². The number of nitrogens with zero attached hydrogens (tertiary/aromatic N) is 2. The number of nitrogens with one attached hydrogen (secondary N) is 1. The van der Waals surface area contributed by atoms with Crippen LogP contribution in [0.4, 0.5) is 5.13 Å². The van der Waals surface area contributed by atoms with Crippen LogP contribution in [0.1, 0.15) is 37.7 Å². The number of esters is 1. The van der Waals surface area contributed by atoms with E-state index in [-0.39, 0.29) is 11.7 Å². The molecule has 1 aliphatic rings. The topological polar surface area (TPSA) is 73.3 Å². The van der Waals surface area contributed by atoms with Gasteiger partial charge >= 0.3 is 5.97 Å². The van der Waals surface area contributed by atoms with Gasteiger partial charge in [-0.25, -0.2) is 0 Å². The molecular formula is C19H25N3O3S2. The zero-order valence-electron chi connectivity index (χ0n) is 15.5. The maximum absolute atomic E-state index is 11.9. The fourth-order valence-electron chi connectivity index (χ4n) is 2.99. The van der Waals surface area contributed by atoms with E-state index in [0.29, 0.717) is 19.1 Å². The van der Waals surface area contributed by atoms with Gasteiger partial charge in [-0.05, 0) is 30.5 Å². The Balaban J connectivity index is 1.33. The summed E-state index contributed by atoms with van der Waals surface area (Å²) < 4.78 is 11.2. The lowest BCUT2D eigenvalue weighted by atomic mass is 9.96. The number of hydrogen-bond acceptors (Lipinski definition) is 8. The summed E-state index contributed by atoms with van der Waals surface area (Å²) in [7, 11) is 1.64. The first-order chi connectivity index (χ1) is 13.2. The molecule has 0 amide bonds. The maximum atomic E-state index is 11.9. The van der Waals surface area contributed by atoms with Crippen LogP contribution in [0.15, 0.2) is 28.6 Å². The molecule has 6 nitrogen and oxygen atoms in total. The molecule has 2 aromatic rings. The third-order valence-corrected chi connectivity index (χ3v) is 6.43. The molecular weight excluding hydrogens is 382 g/mol. The molecule has 1 fully saturated rings. The molecule has 0 unspecified atom stereocenters. The van der Waals surface area contributed by atoms with Crippen molar-refractivity contribution in [2.45, 2.75) is 48.9 Å². The highest BCUT2D eigenvalue weighted by molar-refractivity contribution is 8.01. The molecule has 0 aliphatic heterocycles. The molecule has 0 spiro atoms. The zero-order chi connectivity index (χ0) is 18.9. The molecule has 8 heteroatoms. The van der Waals surface area contributed by atoms with Crippen LogP contribution in [-0.4, -0.2) is 41.7 Å². The lowest BCUT2D eigenvalue weighted by Crippen LogP contribution is -2.21. The van der Waals surface area contributed by atoms with E-state index in [0.717, 1.165) is 20.8 Å². The number of anilines is 1. The lowest BCUT2D eigenvalue weighted by molar-refractivity contribution is -0.140. The summed E-state index contributed by atoms with van der Waals surface area (Å²) in [6, 6.07) is 8.27. The van der Waals surface area contributed by atoms with E-state index < -0.39 is 0 Å². The smallest absolute Gasteiger partial charge is 0.316 e. The molecule has 0 bridgehead atoms. The molecule has 0 radical (unpaired) electrons. The van der Waals surface area contributed by atoms with Gasteiger partial charge in [-0.3, -0.25) is 4.79 Å². The number of aromatic nitrogens is 2. The summed E-state index contributed by atoms with van der Waals surface area (Å²) in [4.78, 5) is 11.9. The number of methoxy groups -OCH3 is 1. The summed E-state index contributed by atoms with van der Waals surface area (Å²) in [5, 5.41) is 12.6. The van der Waals surface area contributed by atoms with Crippen molar-refractivity contribution in [3.63, 3.8) is 0 Å². The van der Waals surface area contributed by atoms with E-state index >= 15 is 0 Å². The minimum atomic E-state index is -0.231. The van der Waals surface area contributed by atoms with Gasteiger partial charge in [0.1, 0.15) is 5.75 Å². The van der Waals surface area contributed by atoms with Crippen molar-refractivity contribution in [2.75, 3.05) is 24.8 Å². The van der Waals surface area contributed by atoms with Crippen molar-refractivity contribution >= 4 is 34.2 Å². The molecule has 1 aromatic carbocycles. The number of rotatable bonds is 9. The monoisotopic (exact) mass is 407 g/mol. The van der Waals surface area contributed by atoms with Gasteiger partial charge in [0.15, 0.2) is 4.34 Å². The van der Waals surface area contributed by atoms with E-state index in [1.807, 2.05) is 24.3 Å². The van der Waals surface area contributed by atoms with Gasteiger partial charge in [-0.1, -0.05) is 54.5 Å². The Kier molecular flexibility index (Phi) is 7.77. The number of carbonyl (C=O) groups is 1. The number of ether oxygens (including phenoxy) is 2. The summed E-state index contributed by atoms with van der Waals surface area (Å²) in [5.74, 6) is 0.841. The Morgan fingerprint density at radius 3 is 2.74 bits per heavy atom. The van der Waals surface area contributed by atoms with Gasteiger partial charge in [0.25, 0.3) is 0 Å². The van der Waals surface area contributed by atoms with Crippen LogP contribution in [0, 0.1) is 0 Å². The highest BCUT2D eigenvalue weighted by Gasteiger charge is 2.15. The third kappa shape index (κ3) is 6.70. The molecule has 1 N–H and O–H groups in total. The average Bonchev–Trinajstić information content (AvgIpc) is 3.15. The zero-order valence-corrected chi connectivity index (χ0v) is 17.1. The minimum absolute atomic E-state index is 0.231. The predicted octanol–water partition coefficient (Wildman–Crippen LogP) is 4.17. The number of carbonyl (C=O) groups excluding carboxylic acids is 1. The predicted molar refractivity (Wildman–Crippen MR) is 109 cm³/mol. The second kappa shape index (κ2) is 10.5. The Labute approximate surface area is 168 Å². The second-order valence-electron chi connectivity index (χ2n) is 6.46. The Bertz CT molecular complexity index is 715. The van der Waals surface area contributed by atoms with Crippen LogP contribution in [0.5, 0.6) is 5.75 Å². The first-order valence-electron chi connectivity index (χ1n) is 9.24. The van der Waals surface area contributed by atoms with Crippen LogP contribution >= 0.6 is 23.1 Å². The van der Waals surface area contributed by atoms with Crippen molar-refractivity contribution < 1.29 is 14.3 Å². The van der Waals surface area contributed by atoms with Crippen LogP contribution in [0.25, 0.3) is 0 Å². The quantitative estimate of drug-likeness (QED) is 0.494. The Morgan fingerprint density at radius 1 is 1.22 bits per heavy atom. The van der Waals surface area contributed by atoms with Gasteiger partial charge in [0, 0.05) is 12.5 Å². The largest absolute Gasteiger partial charge is 0.497 e. The summed E-state index contributed by atoms with van der Waals surface area (Å²) in [6.07, 6.45) is 6.97. The first-order valence-corrected chi connectivity index (χ1v) is 11.0. The highest BCUT2D eigenvalue weighted by Crippen LogP contribution is 2.28. The lowest BCUT2D eigenvalue weighted by Gasteiger charge is -2.21. The molecule has 1 aromatic heterocycles. The molecule has 1 saturated carbocycles. The Morgan fingerprint density at radius 2 is 2.00 bits per heavy atom. The minimum Gasteiger partial charge on any atom is -0.497 e. The van der Waals surface area contributed by atoms with E-state index in [1.165, 1.54) is 55.2 Å². The van der Waals surface area contributed by atoms with Crippen LogP contribution in [-0.2, 0) is 16.0 Å². The van der Waals surface area contributed by atoms with Crippen molar-refractivity contribution in [1.82, 2.24) is 10.2 Å². The highest BCUT2D eigenvalue weighted by atomic mass is 32.2. The Hall–Kier alpha value is -1.80. The molecule has 0 saturated heterocycles. The van der Waals surface area contributed by atoms with Crippen LogP contribution in [0.2, 0.25) is 0 Å². The van der Waals surface area contributed by atoms with Gasteiger partial charge in [-0.15, -0.1) is 10.2 Å². The van der Waals surface area contributed by atoms with E-state index in [4.69, 9.17) is 9.47 Å². The molecule has 146 valence electrons. The van der Waals surface area contributed by atoms with Gasteiger partial charge < -0.3 is 14.8 Å². The molecule has 27 heavy (non-hydrogen) atoms. The van der Waals surface area contributed by atoms with Gasteiger partial charge in [0.2, 0.25) is 5.13 Å². The van der Waals surface area contributed by atoms with E-state index in [2.05, 4.69) is 15.5 Å². The summed E-state index contributed by atoms with van der Waals surface area (Å²) >= 11 is 2.88. The molecule has 0 atom stereocenters. The van der Waals surface area contributed by atoms with E-state index in [1.54, 1.807) is 7.11 Å². The van der Waals surface area contributed by atoms with E-state index in [9.17, 15) is 4.79 Å². The number of thioether (sulfide) groups is 1. The number of benzene rings is 1. The molecule has 3 rings (SSSR count). The SMILES string of the molecule is COc1ccc(CCOC(=O)CSc2nnc(NC3CCCCC3)s2)cc1. The molecule has 1 heterocycles. The van der Waals surface area contributed by atoms with Gasteiger partial charge in [-0.2, -0.15) is 0 Å². The van der Waals surface area contributed by atoms with Gasteiger partial charge in [0.05, 0.1) is 19.5 Å². The van der Waals surface area contributed by atoms with Crippen LogP contribution in [0.3, 0.4) is 0 Å². The second-order valence-corrected chi connectivity index (χ2v) is 8.66. The summed E-state index contributed by atoms with van der Waals surface area (Å²) in [6.45, 7) is 0.371. The fraction of sp³-hybridized carbons (Fsp3) is 0.526. The maximum Gasteiger partial charge on any atom is 0.316 e. The normalized spacial score (nSPS) is 14.7. The van der Waals surface area contributed by atoms with Crippen LogP contribution < -0.4 is 10.1 Å². The fourth-order valence-corrected chi connectivity index (χ4v) is 4.61. The van der Waals surface area contributed by atoms with Crippen molar-refractivity contribution in [2.24, 2.45) is 0 Å². The summed E-state index contributed by atoms with van der Waals surface area (Å²) in [5.41, 5.74) is 1.11. The first kappa shape index (κ1) is 19.9. The van der Waals surface area contributed by atoms with Crippen molar-refractivity contribution in [3.8, 4) is 5.75 Å². The number of hydrogen-bond donors (Lipinski definition) is 1. The third-order valence-electron chi connectivity index (χ3n) is 4.47.